The molecule has 0 aliphatic carbocycles. The van der Waals surface area contributed by atoms with Crippen LogP contribution < -0.4 is 18.9 Å². The summed E-state index contributed by atoms with van der Waals surface area (Å²) in [7, 11) is 0.822. The van der Waals surface area contributed by atoms with Gasteiger partial charge in [0.1, 0.15) is 17.2 Å². The molecular weight excluding hydrogens is 468 g/mol. The number of rotatable bonds is 8. The van der Waals surface area contributed by atoms with Gasteiger partial charge in [0.25, 0.3) is 15.9 Å². The van der Waals surface area contributed by atoms with Crippen molar-refractivity contribution < 1.29 is 27.4 Å². The van der Waals surface area contributed by atoms with Crippen molar-refractivity contribution in [3.8, 4) is 17.2 Å². The molecule has 1 heterocycles. The minimum absolute atomic E-state index is 0.0111. The van der Waals surface area contributed by atoms with Gasteiger partial charge in [-0.25, -0.2) is 8.42 Å². The van der Waals surface area contributed by atoms with Gasteiger partial charge < -0.3 is 19.1 Å². The zero-order valence-corrected chi connectivity index (χ0v) is 20.7. The first-order valence-electron chi connectivity index (χ1n) is 11.2. The summed E-state index contributed by atoms with van der Waals surface area (Å²) in [6.07, 6.45) is 1.62. The number of amides is 1. The van der Waals surface area contributed by atoms with Crippen molar-refractivity contribution in [1.29, 1.82) is 0 Å². The second kappa shape index (κ2) is 10.3. The molecule has 1 aliphatic rings. The lowest BCUT2D eigenvalue weighted by atomic mass is 10.0. The maximum Gasteiger partial charge on any atom is 0.261 e. The third-order valence-corrected chi connectivity index (χ3v) is 7.43. The van der Waals surface area contributed by atoms with Gasteiger partial charge in [0.15, 0.2) is 0 Å². The van der Waals surface area contributed by atoms with Crippen LogP contribution in [0, 0.1) is 0 Å². The van der Waals surface area contributed by atoms with Gasteiger partial charge in [0, 0.05) is 29.4 Å². The Morgan fingerprint density at radius 1 is 0.914 bits per heavy atom. The van der Waals surface area contributed by atoms with Gasteiger partial charge in [-0.05, 0) is 67.4 Å². The number of ether oxygens (including phenoxy) is 3. The smallest absolute Gasteiger partial charge is 0.261 e. The molecule has 0 bridgehead atoms. The van der Waals surface area contributed by atoms with Crippen LogP contribution >= 0.6 is 0 Å². The zero-order valence-electron chi connectivity index (χ0n) is 19.9. The third-order valence-electron chi connectivity index (χ3n) is 6.05. The third kappa shape index (κ3) is 5.19. The first-order chi connectivity index (χ1) is 16.9. The lowest BCUT2D eigenvalue weighted by Gasteiger charge is -2.27. The molecule has 184 valence electrons. The van der Waals surface area contributed by atoms with Crippen LogP contribution in [0.1, 0.15) is 34.8 Å². The Morgan fingerprint density at radius 3 is 2.31 bits per heavy atom. The molecule has 0 radical (unpaired) electrons. The number of methoxy groups -OCH3 is 3. The molecule has 3 aromatic carbocycles. The fourth-order valence-electron chi connectivity index (χ4n) is 4.26. The molecule has 1 aliphatic heterocycles. The molecule has 1 fully saturated rings. The number of hydrogen-bond donors (Lipinski definition) is 1. The first-order valence-corrected chi connectivity index (χ1v) is 12.6. The van der Waals surface area contributed by atoms with Crippen molar-refractivity contribution in [2.24, 2.45) is 0 Å². The number of carbonyl (C=O) groups is 1. The zero-order chi connectivity index (χ0) is 25.0. The number of benzene rings is 3. The number of sulfonamides is 1. The highest BCUT2D eigenvalue weighted by Gasteiger charge is 2.33. The van der Waals surface area contributed by atoms with E-state index < -0.39 is 10.0 Å². The van der Waals surface area contributed by atoms with Crippen molar-refractivity contribution in [3.63, 3.8) is 0 Å². The van der Waals surface area contributed by atoms with Gasteiger partial charge in [0.05, 0.1) is 32.3 Å². The highest BCUT2D eigenvalue weighted by molar-refractivity contribution is 7.92. The Hall–Kier alpha value is -3.72. The average Bonchev–Trinajstić information content (AvgIpc) is 3.38. The Balaban J connectivity index is 1.58. The summed E-state index contributed by atoms with van der Waals surface area (Å²) in [6, 6.07) is 18.0. The molecule has 4 rings (SSSR count). The first kappa shape index (κ1) is 24.4. The van der Waals surface area contributed by atoms with E-state index in [-0.39, 0.29) is 16.8 Å². The predicted molar refractivity (Wildman–Crippen MR) is 133 cm³/mol. The van der Waals surface area contributed by atoms with Crippen LogP contribution in [-0.4, -0.2) is 47.1 Å². The topological polar surface area (TPSA) is 94.2 Å². The van der Waals surface area contributed by atoms with Gasteiger partial charge in [-0.15, -0.1) is 0 Å². The molecule has 0 aromatic heterocycles. The second-order valence-corrected chi connectivity index (χ2v) is 9.81. The molecule has 1 unspecified atom stereocenters. The van der Waals surface area contributed by atoms with Crippen LogP contribution in [0.2, 0.25) is 0 Å². The quantitative estimate of drug-likeness (QED) is 0.494. The van der Waals surface area contributed by atoms with Gasteiger partial charge >= 0.3 is 0 Å². The number of anilines is 1. The van der Waals surface area contributed by atoms with E-state index in [1.54, 1.807) is 61.6 Å². The van der Waals surface area contributed by atoms with Crippen molar-refractivity contribution >= 4 is 21.6 Å². The van der Waals surface area contributed by atoms with Crippen LogP contribution in [-0.2, 0) is 10.0 Å². The Morgan fingerprint density at radius 2 is 1.63 bits per heavy atom. The van der Waals surface area contributed by atoms with Crippen molar-refractivity contribution in [3.05, 3.63) is 77.9 Å². The van der Waals surface area contributed by atoms with E-state index in [9.17, 15) is 13.2 Å². The van der Waals surface area contributed by atoms with Crippen molar-refractivity contribution in [1.82, 2.24) is 4.90 Å². The molecule has 9 heteroatoms. The Kier molecular flexibility index (Phi) is 7.16. The van der Waals surface area contributed by atoms with Crippen LogP contribution in [0.4, 0.5) is 5.69 Å². The Labute approximate surface area is 205 Å². The van der Waals surface area contributed by atoms with E-state index in [0.29, 0.717) is 35.0 Å². The Bertz CT molecular complexity index is 1310. The minimum Gasteiger partial charge on any atom is -0.497 e. The van der Waals surface area contributed by atoms with Gasteiger partial charge in [0.2, 0.25) is 0 Å². The molecule has 1 amide bonds. The summed E-state index contributed by atoms with van der Waals surface area (Å²) in [6.45, 7) is 0.569. The number of hydrogen-bond acceptors (Lipinski definition) is 6. The van der Waals surface area contributed by atoms with Gasteiger partial charge in [-0.3, -0.25) is 9.52 Å². The lowest BCUT2D eigenvalue weighted by molar-refractivity contribution is 0.0734. The van der Waals surface area contributed by atoms with Crippen LogP contribution in [0.3, 0.4) is 0 Å². The normalized spacial score (nSPS) is 15.5. The maximum atomic E-state index is 13.5. The molecule has 0 spiro atoms. The number of carbonyl (C=O) groups excluding carboxylic acids is 1. The second-order valence-electron chi connectivity index (χ2n) is 8.13. The summed E-state index contributed by atoms with van der Waals surface area (Å²) >= 11 is 0. The molecule has 1 saturated heterocycles. The van der Waals surface area contributed by atoms with Crippen LogP contribution in [0.5, 0.6) is 17.2 Å². The highest BCUT2D eigenvalue weighted by Crippen LogP contribution is 2.39. The van der Waals surface area contributed by atoms with E-state index in [4.69, 9.17) is 14.2 Å². The molecule has 0 saturated carbocycles. The average molecular weight is 497 g/mol. The van der Waals surface area contributed by atoms with E-state index in [0.717, 1.165) is 18.4 Å². The van der Waals surface area contributed by atoms with Crippen molar-refractivity contribution in [2.45, 2.75) is 23.8 Å². The minimum atomic E-state index is -3.89. The van der Waals surface area contributed by atoms with E-state index >= 15 is 0 Å². The predicted octanol–water partition coefficient (Wildman–Crippen LogP) is 4.49. The molecule has 3 aromatic rings. The van der Waals surface area contributed by atoms with E-state index in [1.165, 1.54) is 19.2 Å². The molecule has 35 heavy (non-hydrogen) atoms. The number of nitrogens with one attached hydrogen (secondary N) is 1. The SMILES string of the molecule is COc1ccc(NS(=O)(=O)c2cccc(C(=O)N3CCCC3c3ccc(OC)cc3OC)c2)cc1. The van der Waals surface area contributed by atoms with E-state index in [1.807, 2.05) is 12.1 Å². The fraction of sp³-hybridized carbons (Fsp3) is 0.269. The summed E-state index contributed by atoms with van der Waals surface area (Å²) in [5.41, 5.74) is 1.60. The molecule has 1 N–H and O–H groups in total. The molecule has 1 atom stereocenters. The van der Waals surface area contributed by atoms with Crippen LogP contribution in [0.15, 0.2) is 71.6 Å². The van der Waals surface area contributed by atoms with Gasteiger partial charge in [-0.1, -0.05) is 6.07 Å². The van der Waals surface area contributed by atoms with Gasteiger partial charge in [-0.2, -0.15) is 0 Å². The summed E-state index contributed by atoms with van der Waals surface area (Å²) in [5.74, 6) is 1.71. The summed E-state index contributed by atoms with van der Waals surface area (Å²) in [5, 5.41) is 0. The van der Waals surface area contributed by atoms with Crippen LogP contribution in [0.25, 0.3) is 0 Å². The molecular formula is C26H28N2O6S. The van der Waals surface area contributed by atoms with E-state index in [2.05, 4.69) is 4.72 Å². The highest BCUT2D eigenvalue weighted by atomic mass is 32.2. The molecule has 8 nitrogen and oxygen atoms in total. The largest absolute Gasteiger partial charge is 0.497 e. The number of likely N-dealkylation sites (tertiary alicyclic amines) is 1. The van der Waals surface area contributed by atoms with Crippen molar-refractivity contribution in [2.75, 3.05) is 32.6 Å². The summed E-state index contributed by atoms with van der Waals surface area (Å²) < 4.78 is 44.5. The summed E-state index contributed by atoms with van der Waals surface area (Å²) in [4.78, 5) is 15.3. The fourth-order valence-corrected chi connectivity index (χ4v) is 5.37. The standard InChI is InChI=1S/C26H28N2O6S/c1-32-20-11-9-19(10-12-20)27-35(30,31)22-7-4-6-18(16-22)26(29)28-15-5-8-24(28)23-14-13-21(33-2)17-25(23)34-3/h4,6-7,9-14,16-17,24,27H,5,8,15H2,1-3H3. The lowest BCUT2D eigenvalue weighted by Crippen LogP contribution is -2.31. The monoisotopic (exact) mass is 496 g/mol. The number of nitrogens with zero attached hydrogens (tertiary/aromatic N) is 1. The maximum absolute atomic E-state index is 13.5.